The molecule has 0 aliphatic rings. The summed E-state index contributed by atoms with van der Waals surface area (Å²) in [6.45, 7) is 8.39. The molecule has 29 heavy (non-hydrogen) atoms. The first-order chi connectivity index (χ1) is 13.8. The number of amides is 2. The Balaban J connectivity index is 2.17. The van der Waals surface area contributed by atoms with Gasteiger partial charge in [-0.2, -0.15) is 0 Å². The Kier molecular flexibility index (Phi) is 8.52. The number of hydrogen-bond acceptors (Lipinski definition) is 3. The standard InChI is InChI=1S/C23H29ClN2O3/c1-5-25-23(28)17(4)26(14-18-10-12-19(24)13-11-18)22(27)15-29-21-9-7-6-8-20(21)16(2)3/h6-13,16-17H,5,14-15H2,1-4H3,(H,25,28)/t17-/m0/s1. The van der Waals surface area contributed by atoms with Gasteiger partial charge in [-0.3, -0.25) is 9.59 Å². The van der Waals surface area contributed by atoms with Crippen LogP contribution in [-0.2, 0) is 16.1 Å². The van der Waals surface area contributed by atoms with Crippen molar-refractivity contribution < 1.29 is 14.3 Å². The number of ether oxygens (including phenoxy) is 1. The minimum Gasteiger partial charge on any atom is -0.483 e. The van der Waals surface area contributed by atoms with Crippen LogP contribution < -0.4 is 10.1 Å². The first-order valence-electron chi connectivity index (χ1n) is 9.86. The summed E-state index contributed by atoms with van der Waals surface area (Å²) in [6.07, 6.45) is 0. The number of carbonyl (C=O) groups is 2. The van der Waals surface area contributed by atoms with E-state index < -0.39 is 6.04 Å². The molecule has 2 amide bonds. The lowest BCUT2D eigenvalue weighted by Crippen LogP contribution is -2.49. The number of carbonyl (C=O) groups excluding carboxylic acids is 2. The van der Waals surface area contributed by atoms with Crippen molar-refractivity contribution in [1.29, 1.82) is 0 Å². The second kappa shape index (κ2) is 10.9. The molecular formula is C23H29ClN2O3. The average Bonchev–Trinajstić information content (AvgIpc) is 2.71. The van der Waals surface area contributed by atoms with E-state index in [1.807, 2.05) is 43.3 Å². The zero-order valence-corrected chi connectivity index (χ0v) is 18.2. The van der Waals surface area contributed by atoms with E-state index in [2.05, 4.69) is 19.2 Å². The summed E-state index contributed by atoms with van der Waals surface area (Å²) in [4.78, 5) is 26.9. The van der Waals surface area contributed by atoms with Gasteiger partial charge in [-0.25, -0.2) is 0 Å². The van der Waals surface area contributed by atoms with E-state index in [-0.39, 0.29) is 24.3 Å². The minimum absolute atomic E-state index is 0.138. The van der Waals surface area contributed by atoms with Crippen molar-refractivity contribution >= 4 is 23.4 Å². The maximum Gasteiger partial charge on any atom is 0.261 e. The van der Waals surface area contributed by atoms with Crippen LogP contribution in [0.15, 0.2) is 48.5 Å². The first-order valence-corrected chi connectivity index (χ1v) is 10.2. The second-order valence-corrected chi connectivity index (χ2v) is 7.64. The SMILES string of the molecule is CCNC(=O)[C@H](C)N(Cc1ccc(Cl)cc1)C(=O)COc1ccccc1C(C)C. The first kappa shape index (κ1) is 22.8. The molecule has 0 saturated heterocycles. The number of nitrogens with zero attached hydrogens (tertiary/aromatic N) is 1. The summed E-state index contributed by atoms with van der Waals surface area (Å²) in [6, 6.07) is 14.3. The molecule has 0 aliphatic carbocycles. The Morgan fingerprint density at radius 3 is 2.34 bits per heavy atom. The van der Waals surface area contributed by atoms with Gasteiger partial charge in [0.25, 0.3) is 5.91 Å². The van der Waals surface area contributed by atoms with Gasteiger partial charge in [-0.15, -0.1) is 0 Å². The van der Waals surface area contributed by atoms with E-state index in [0.29, 0.717) is 23.9 Å². The third-order valence-electron chi connectivity index (χ3n) is 4.68. The summed E-state index contributed by atoms with van der Waals surface area (Å²) < 4.78 is 5.84. The number of hydrogen-bond donors (Lipinski definition) is 1. The minimum atomic E-state index is -0.623. The summed E-state index contributed by atoms with van der Waals surface area (Å²) in [5.41, 5.74) is 1.93. The van der Waals surface area contributed by atoms with Gasteiger partial charge in [0, 0.05) is 18.1 Å². The van der Waals surface area contributed by atoms with E-state index in [9.17, 15) is 9.59 Å². The summed E-state index contributed by atoms with van der Waals surface area (Å²) >= 11 is 5.96. The molecule has 0 saturated carbocycles. The molecule has 156 valence electrons. The van der Waals surface area contributed by atoms with Gasteiger partial charge in [-0.1, -0.05) is 55.8 Å². The topological polar surface area (TPSA) is 58.6 Å². The van der Waals surface area contributed by atoms with E-state index >= 15 is 0 Å². The highest BCUT2D eigenvalue weighted by atomic mass is 35.5. The molecule has 5 nitrogen and oxygen atoms in total. The van der Waals surface area contributed by atoms with Crippen LogP contribution in [-0.4, -0.2) is 35.9 Å². The molecule has 0 heterocycles. The Morgan fingerprint density at radius 1 is 1.07 bits per heavy atom. The van der Waals surface area contributed by atoms with Crippen LogP contribution in [0.2, 0.25) is 5.02 Å². The average molecular weight is 417 g/mol. The molecule has 0 fully saturated rings. The van der Waals surface area contributed by atoms with Crippen molar-refractivity contribution in [2.75, 3.05) is 13.2 Å². The molecule has 0 aromatic heterocycles. The van der Waals surface area contributed by atoms with Crippen LogP contribution >= 0.6 is 11.6 Å². The van der Waals surface area contributed by atoms with Crippen LogP contribution in [0, 0.1) is 0 Å². The Labute approximate surface area is 178 Å². The molecule has 0 unspecified atom stereocenters. The van der Waals surface area contributed by atoms with Gasteiger partial charge in [-0.05, 0) is 49.1 Å². The molecule has 0 bridgehead atoms. The van der Waals surface area contributed by atoms with Gasteiger partial charge in [0.05, 0.1) is 0 Å². The van der Waals surface area contributed by atoms with Crippen molar-refractivity contribution in [2.24, 2.45) is 0 Å². The highest BCUT2D eigenvalue weighted by molar-refractivity contribution is 6.30. The molecule has 6 heteroatoms. The molecule has 1 N–H and O–H groups in total. The predicted octanol–water partition coefficient (Wildman–Crippen LogP) is 4.40. The molecule has 1 atom stereocenters. The molecule has 2 rings (SSSR count). The van der Waals surface area contributed by atoms with Crippen LogP contribution in [0.1, 0.15) is 44.7 Å². The molecule has 0 spiro atoms. The number of para-hydroxylation sites is 1. The normalized spacial score (nSPS) is 11.8. The van der Waals surface area contributed by atoms with E-state index in [4.69, 9.17) is 16.3 Å². The molecule has 2 aromatic rings. The lowest BCUT2D eigenvalue weighted by molar-refractivity contribution is -0.142. The number of benzene rings is 2. The maximum absolute atomic E-state index is 13.0. The Morgan fingerprint density at radius 2 is 1.72 bits per heavy atom. The van der Waals surface area contributed by atoms with Crippen LogP contribution in [0.4, 0.5) is 0 Å². The number of halogens is 1. The summed E-state index contributed by atoms with van der Waals surface area (Å²) in [5.74, 6) is 0.517. The third-order valence-corrected chi connectivity index (χ3v) is 4.93. The lowest BCUT2D eigenvalue weighted by Gasteiger charge is -2.29. The van der Waals surface area contributed by atoms with E-state index in [1.165, 1.54) is 4.90 Å². The fourth-order valence-corrected chi connectivity index (χ4v) is 3.13. The van der Waals surface area contributed by atoms with Gasteiger partial charge in [0.1, 0.15) is 11.8 Å². The highest BCUT2D eigenvalue weighted by Gasteiger charge is 2.26. The zero-order chi connectivity index (χ0) is 21.4. The van der Waals surface area contributed by atoms with Gasteiger partial charge < -0.3 is 15.0 Å². The Bertz CT molecular complexity index is 821. The maximum atomic E-state index is 13.0. The fraction of sp³-hybridized carbons (Fsp3) is 0.391. The van der Waals surface area contributed by atoms with Crippen molar-refractivity contribution in [2.45, 2.75) is 46.2 Å². The number of rotatable bonds is 9. The summed E-state index contributed by atoms with van der Waals surface area (Å²) in [7, 11) is 0. The van der Waals surface area contributed by atoms with Crippen molar-refractivity contribution in [3.63, 3.8) is 0 Å². The van der Waals surface area contributed by atoms with Crippen molar-refractivity contribution in [3.8, 4) is 5.75 Å². The fourth-order valence-electron chi connectivity index (χ4n) is 3.00. The van der Waals surface area contributed by atoms with E-state index in [1.54, 1.807) is 19.1 Å². The number of likely N-dealkylation sites (N-methyl/N-ethyl adjacent to an activating group) is 1. The van der Waals surface area contributed by atoms with Crippen molar-refractivity contribution in [3.05, 3.63) is 64.7 Å². The predicted molar refractivity (Wildman–Crippen MR) is 116 cm³/mol. The van der Waals surface area contributed by atoms with Crippen LogP contribution in [0.25, 0.3) is 0 Å². The largest absolute Gasteiger partial charge is 0.483 e. The van der Waals surface area contributed by atoms with Gasteiger partial charge >= 0.3 is 0 Å². The van der Waals surface area contributed by atoms with E-state index in [0.717, 1.165) is 11.1 Å². The number of nitrogens with one attached hydrogen (secondary N) is 1. The molecular weight excluding hydrogens is 388 g/mol. The third kappa shape index (κ3) is 6.50. The monoisotopic (exact) mass is 416 g/mol. The summed E-state index contributed by atoms with van der Waals surface area (Å²) in [5, 5.41) is 3.40. The smallest absolute Gasteiger partial charge is 0.261 e. The molecule has 0 radical (unpaired) electrons. The van der Waals surface area contributed by atoms with Gasteiger partial charge in [0.15, 0.2) is 6.61 Å². The Hall–Kier alpha value is -2.53. The highest BCUT2D eigenvalue weighted by Crippen LogP contribution is 2.26. The van der Waals surface area contributed by atoms with Crippen molar-refractivity contribution in [1.82, 2.24) is 10.2 Å². The second-order valence-electron chi connectivity index (χ2n) is 7.20. The molecule has 0 aliphatic heterocycles. The van der Waals surface area contributed by atoms with Crippen LogP contribution in [0.3, 0.4) is 0 Å². The van der Waals surface area contributed by atoms with Gasteiger partial charge in [0.2, 0.25) is 5.91 Å². The zero-order valence-electron chi connectivity index (χ0n) is 17.4. The quantitative estimate of drug-likeness (QED) is 0.659. The molecule has 2 aromatic carbocycles. The lowest BCUT2D eigenvalue weighted by atomic mass is 10.0. The van der Waals surface area contributed by atoms with Crippen LogP contribution in [0.5, 0.6) is 5.75 Å².